The Bertz CT molecular complexity index is 662. The van der Waals surface area contributed by atoms with Crippen LogP contribution in [0, 0.1) is 0 Å². The van der Waals surface area contributed by atoms with Crippen LogP contribution in [0.4, 0.5) is 0 Å². The number of carbonyl (C=O) groups excluding carboxylic acids is 3. The molecule has 0 radical (unpaired) electrons. The number of methoxy groups -OCH3 is 2. The summed E-state index contributed by atoms with van der Waals surface area (Å²) >= 11 is 0. The van der Waals surface area contributed by atoms with Gasteiger partial charge >= 0.3 is 0 Å². The molecule has 1 aromatic carbocycles. The van der Waals surface area contributed by atoms with Gasteiger partial charge in [-0.1, -0.05) is 0 Å². The van der Waals surface area contributed by atoms with Crippen LogP contribution in [0.15, 0.2) is 18.2 Å². The number of likely N-dealkylation sites (tertiary alicyclic amines) is 1. The van der Waals surface area contributed by atoms with Crippen molar-refractivity contribution in [2.45, 2.75) is 18.9 Å². The van der Waals surface area contributed by atoms with E-state index < -0.39 is 11.9 Å². The molecule has 0 unspecified atom stereocenters. The first kappa shape index (κ1) is 18.6. The van der Waals surface area contributed by atoms with E-state index in [1.807, 2.05) is 0 Å². The molecule has 1 saturated heterocycles. The van der Waals surface area contributed by atoms with Crippen LogP contribution in [0.2, 0.25) is 0 Å². The minimum absolute atomic E-state index is 0.188. The van der Waals surface area contributed by atoms with E-state index in [0.717, 1.165) is 6.42 Å². The van der Waals surface area contributed by atoms with Gasteiger partial charge in [0.1, 0.15) is 17.5 Å². The molecular weight excluding hydrogens is 326 g/mol. The molecule has 2 rings (SSSR count). The van der Waals surface area contributed by atoms with Crippen molar-refractivity contribution in [2.75, 3.05) is 34.4 Å². The summed E-state index contributed by atoms with van der Waals surface area (Å²) in [5, 5.41) is 5.14. The van der Waals surface area contributed by atoms with Crippen molar-refractivity contribution in [1.29, 1.82) is 0 Å². The fraction of sp³-hybridized carbons (Fsp3) is 0.471. The number of hydrogen-bond donors (Lipinski definition) is 2. The van der Waals surface area contributed by atoms with E-state index in [0.29, 0.717) is 24.5 Å². The Morgan fingerprint density at radius 1 is 1.24 bits per heavy atom. The molecule has 2 N–H and O–H groups in total. The lowest BCUT2D eigenvalue weighted by Crippen LogP contribution is -2.48. The molecule has 1 aliphatic heterocycles. The zero-order valence-corrected chi connectivity index (χ0v) is 14.6. The second-order valence-corrected chi connectivity index (χ2v) is 5.61. The quantitative estimate of drug-likeness (QED) is 0.763. The fourth-order valence-electron chi connectivity index (χ4n) is 2.85. The number of nitrogens with zero attached hydrogens (tertiary/aromatic N) is 1. The Hall–Kier alpha value is -2.77. The van der Waals surface area contributed by atoms with Crippen molar-refractivity contribution >= 4 is 17.7 Å². The van der Waals surface area contributed by atoms with E-state index in [1.165, 1.54) is 19.1 Å². The van der Waals surface area contributed by atoms with E-state index >= 15 is 0 Å². The highest BCUT2D eigenvalue weighted by Crippen LogP contribution is 2.24. The van der Waals surface area contributed by atoms with E-state index in [4.69, 9.17) is 9.47 Å². The number of rotatable bonds is 6. The van der Waals surface area contributed by atoms with Gasteiger partial charge in [-0.25, -0.2) is 0 Å². The Morgan fingerprint density at radius 3 is 2.64 bits per heavy atom. The maximum absolute atomic E-state index is 12.4. The van der Waals surface area contributed by atoms with Crippen molar-refractivity contribution in [2.24, 2.45) is 0 Å². The molecule has 0 spiro atoms. The summed E-state index contributed by atoms with van der Waals surface area (Å²) in [6.07, 6.45) is 1.39. The minimum atomic E-state index is -0.472. The fourth-order valence-corrected chi connectivity index (χ4v) is 2.85. The standard InChI is InChI=1S/C17H23N3O5/c1-18-17(23)13-5-4-8-20(13)15(21)10-19-16(22)12-9-11(24-2)6-7-14(12)25-3/h6-7,9,13H,4-5,8,10H2,1-3H3,(H,18,23)(H,19,22)/t13-/m1/s1. The normalized spacial score (nSPS) is 16.3. The molecule has 1 aliphatic rings. The van der Waals surface area contributed by atoms with Gasteiger partial charge in [-0.05, 0) is 31.0 Å². The summed E-state index contributed by atoms with van der Waals surface area (Å²) in [4.78, 5) is 38.1. The predicted molar refractivity (Wildman–Crippen MR) is 90.7 cm³/mol. The Balaban J connectivity index is 2.02. The third-order valence-electron chi connectivity index (χ3n) is 4.17. The molecule has 1 fully saturated rings. The molecule has 8 nitrogen and oxygen atoms in total. The van der Waals surface area contributed by atoms with Crippen molar-refractivity contribution in [1.82, 2.24) is 15.5 Å². The monoisotopic (exact) mass is 349 g/mol. The van der Waals surface area contributed by atoms with E-state index in [2.05, 4.69) is 10.6 Å². The van der Waals surface area contributed by atoms with Crippen LogP contribution in [-0.2, 0) is 9.59 Å². The lowest BCUT2D eigenvalue weighted by molar-refractivity contribution is -0.137. The molecule has 3 amide bonds. The third-order valence-corrected chi connectivity index (χ3v) is 4.17. The van der Waals surface area contributed by atoms with Gasteiger partial charge in [0.05, 0.1) is 26.3 Å². The van der Waals surface area contributed by atoms with Crippen LogP contribution < -0.4 is 20.1 Å². The summed E-state index contributed by atoms with van der Waals surface area (Å²) in [5.74, 6) is -0.0283. The summed E-state index contributed by atoms with van der Waals surface area (Å²) in [5.41, 5.74) is 0.277. The van der Waals surface area contributed by atoms with Gasteiger partial charge in [0.15, 0.2) is 0 Å². The zero-order chi connectivity index (χ0) is 18.4. The van der Waals surface area contributed by atoms with Gasteiger partial charge in [0.2, 0.25) is 11.8 Å². The Kier molecular flexibility index (Phi) is 6.21. The molecule has 25 heavy (non-hydrogen) atoms. The summed E-state index contributed by atoms with van der Waals surface area (Å²) < 4.78 is 10.3. The molecule has 0 saturated carbocycles. The van der Waals surface area contributed by atoms with Crippen LogP contribution in [0.1, 0.15) is 23.2 Å². The lowest BCUT2D eigenvalue weighted by atomic mass is 10.1. The van der Waals surface area contributed by atoms with Crippen molar-refractivity contribution in [3.05, 3.63) is 23.8 Å². The van der Waals surface area contributed by atoms with Gasteiger partial charge in [0, 0.05) is 13.6 Å². The second-order valence-electron chi connectivity index (χ2n) is 5.61. The molecule has 1 aromatic rings. The van der Waals surface area contributed by atoms with Crippen molar-refractivity contribution in [3.63, 3.8) is 0 Å². The number of carbonyl (C=O) groups is 3. The first-order chi connectivity index (χ1) is 12.0. The SMILES string of the molecule is CNC(=O)[C@H]1CCCN1C(=O)CNC(=O)c1cc(OC)ccc1OC. The molecule has 8 heteroatoms. The third kappa shape index (κ3) is 4.20. The molecule has 1 atom stereocenters. The Labute approximate surface area is 146 Å². The maximum atomic E-state index is 12.4. The highest BCUT2D eigenvalue weighted by Gasteiger charge is 2.33. The summed E-state index contributed by atoms with van der Waals surface area (Å²) in [7, 11) is 4.50. The molecule has 0 aliphatic carbocycles. The molecule has 0 aromatic heterocycles. The predicted octanol–water partition coefficient (Wildman–Crippen LogP) is 0.171. The minimum Gasteiger partial charge on any atom is -0.497 e. The van der Waals surface area contributed by atoms with E-state index in [1.54, 1.807) is 25.2 Å². The highest BCUT2D eigenvalue weighted by molar-refractivity contribution is 5.99. The first-order valence-corrected chi connectivity index (χ1v) is 8.03. The van der Waals surface area contributed by atoms with Gasteiger partial charge in [-0.2, -0.15) is 0 Å². The van der Waals surface area contributed by atoms with Crippen molar-refractivity contribution in [3.8, 4) is 11.5 Å². The number of likely N-dealkylation sites (N-methyl/N-ethyl adjacent to an activating group) is 1. The summed E-state index contributed by atoms with van der Waals surface area (Å²) in [6, 6.07) is 4.37. The van der Waals surface area contributed by atoms with Crippen molar-refractivity contribution < 1.29 is 23.9 Å². The van der Waals surface area contributed by atoms with Gasteiger partial charge < -0.3 is 25.0 Å². The Morgan fingerprint density at radius 2 is 2.00 bits per heavy atom. The van der Waals surface area contributed by atoms with Crippen LogP contribution in [0.5, 0.6) is 11.5 Å². The number of nitrogens with one attached hydrogen (secondary N) is 2. The number of amides is 3. The summed E-state index contributed by atoms with van der Waals surface area (Å²) in [6.45, 7) is 0.321. The number of ether oxygens (including phenoxy) is 2. The van der Waals surface area contributed by atoms with E-state index in [9.17, 15) is 14.4 Å². The van der Waals surface area contributed by atoms with Crippen LogP contribution >= 0.6 is 0 Å². The van der Waals surface area contributed by atoms with Gasteiger partial charge in [0.25, 0.3) is 5.91 Å². The highest BCUT2D eigenvalue weighted by atomic mass is 16.5. The maximum Gasteiger partial charge on any atom is 0.255 e. The van der Waals surface area contributed by atoms with Gasteiger partial charge in [-0.15, -0.1) is 0 Å². The first-order valence-electron chi connectivity index (χ1n) is 8.03. The van der Waals surface area contributed by atoms with Crippen LogP contribution in [-0.4, -0.2) is 63.0 Å². The lowest BCUT2D eigenvalue weighted by Gasteiger charge is -2.23. The molecule has 0 bridgehead atoms. The van der Waals surface area contributed by atoms with Crippen LogP contribution in [0.25, 0.3) is 0 Å². The molecule has 1 heterocycles. The largest absolute Gasteiger partial charge is 0.497 e. The number of hydrogen-bond acceptors (Lipinski definition) is 5. The van der Waals surface area contributed by atoms with Crippen LogP contribution in [0.3, 0.4) is 0 Å². The van der Waals surface area contributed by atoms with E-state index in [-0.39, 0.29) is 23.9 Å². The van der Waals surface area contributed by atoms with Gasteiger partial charge in [-0.3, -0.25) is 14.4 Å². The molecular formula is C17H23N3O5. The zero-order valence-electron chi connectivity index (χ0n) is 14.6. The second kappa shape index (κ2) is 8.36. The average Bonchev–Trinajstić information content (AvgIpc) is 3.14. The topological polar surface area (TPSA) is 97.0 Å². The average molecular weight is 349 g/mol. The smallest absolute Gasteiger partial charge is 0.255 e. The molecule has 136 valence electrons. The number of benzene rings is 1.